The van der Waals surface area contributed by atoms with Crippen molar-refractivity contribution in [2.24, 2.45) is 10.1 Å². The lowest BCUT2D eigenvalue weighted by Crippen LogP contribution is -2.43. The van der Waals surface area contributed by atoms with Crippen LogP contribution in [0.1, 0.15) is 44.6 Å². The molecule has 0 bridgehead atoms. The van der Waals surface area contributed by atoms with Crippen LogP contribution in [-0.2, 0) is 10.2 Å². The van der Waals surface area contributed by atoms with Crippen molar-refractivity contribution in [1.82, 2.24) is 4.90 Å². The van der Waals surface area contributed by atoms with E-state index in [9.17, 15) is 8.42 Å². The number of unbranched alkanes of at least 4 members (excludes halogenated alkanes) is 1. The molecular formula is C17H26N4O3S. The van der Waals surface area contributed by atoms with Crippen LogP contribution >= 0.6 is 0 Å². The molecule has 0 radical (unpaired) electrons. The Morgan fingerprint density at radius 1 is 1.40 bits per heavy atom. The minimum absolute atomic E-state index is 0.0316. The number of fused-ring (bicyclic) bond motifs is 1. The maximum absolute atomic E-state index is 11.7. The van der Waals surface area contributed by atoms with E-state index in [0.29, 0.717) is 29.6 Å². The number of likely N-dealkylation sites (tertiary alicyclic amines) is 1. The summed E-state index contributed by atoms with van der Waals surface area (Å²) in [6.07, 6.45) is 5.95. The highest BCUT2D eigenvalue weighted by Gasteiger charge is 2.26. The first kappa shape index (κ1) is 18.0. The van der Waals surface area contributed by atoms with Gasteiger partial charge in [0, 0.05) is 6.04 Å². The molecule has 0 saturated carbocycles. The largest absolute Gasteiger partial charge is 0.491 e. The number of ether oxygens (including phenoxy) is 1. The van der Waals surface area contributed by atoms with Gasteiger partial charge >= 0.3 is 10.2 Å². The first-order valence-corrected chi connectivity index (χ1v) is 10.3. The van der Waals surface area contributed by atoms with E-state index in [4.69, 9.17) is 10.5 Å². The molecule has 138 valence electrons. The van der Waals surface area contributed by atoms with Crippen LogP contribution in [0.2, 0.25) is 0 Å². The van der Waals surface area contributed by atoms with Gasteiger partial charge in [0.2, 0.25) is 0 Å². The molecule has 1 aromatic rings. The fraction of sp³-hybridized carbons (Fsp3) is 0.588. The molecule has 0 aliphatic carbocycles. The molecule has 0 aromatic heterocycles. The Hall–Kier alpha value is -1.80. The molecule has 0 amide bonds. The lowest BCUT2D eigenvalue weighted by Gasteiger charge is -2.35. The van der Waals surface area contributed by atoms with E-state index in [1.165, 1.54) is 25.7 Å². The molecule has 1 aromatic carbocycles. The third-order valence-electron chi connectivity index (χ3n) is 4.72. The van der Waals surface area contributed by atoms with Gasteiger partial charge in [0.1, 0.15) is 12.4 Å². The molecule has 2 aliphatic heterocycles. The van der Waals surface area contributed by atoms with E-state index in [-0.39, 0.29) is 5.84 Å². The van der Waals surface area contributed by atoms with E-state index in [0.717, 1.165) is 19.5 Å². The summed E-state index contributed by atoms with van der Waals surface area (Å²) in [6.45, 7) is 4.99. The van der Waals surface area contributed by atoms with Crippen LogP contribution in [0, 0.1) is 0 Å². The van der Waals surface area contributed by atoms with E-state index in [1.54, 1.807) is 18.2 Å². The number of nitrogens with one attached hydrogen (secondary N) is 1. The van der Waals surface area contributed by atoms with E-state index in [1.807, 2.05) is 0 Å². The molecule has 0 spiro atoms. The number of hydrogen-bond acceptors (Lipinski definition) is 5. The lowest BCUT2D eigenvalue weighted by molar-refractivity contribution is 0.0984. The molecule has 1 saturated heterocycles. The van der Waals surface area contributed by atoms with Crippen molar-refractivity contribution < 1.29 is 13.2 Å². The van der Waals surface area contributed by atoms with Gasteiger partial charge in [-0.05, 0) is 44.5 Å². The van der Waals surface area contributed by atoms with Crippen LogP contribution in [0.3, 0.4) is 0 Å². The third-order valence-corrected chi connectivity index (χ3v) is 5.63. The van der Waals surface area contributed by atoms with Gasteiger partial charge in [-0.1, -0.05) is 25.8 Å². The molecule has 2 heterocycles. The van der Waals surface area contributed by atoms with Crippen molar-refractivity contribution in [3.63, 3.8) is 0 Å². The second-order valence-electron chi connectivity index (χ2n) is 6.58. The zero-order chi connectivity index (χ0) is 17.9. The smallest absolute Gasteiger partial charge is 0.344 e. The summed E-state index contributed by atoms with van der Waals surface area (Å²) in [5.41, 5.74) is 6.80. The number of nitrogens with zero attached hydrogens (tertiary/aromatic N) is 2. The summed E-state index contributed by atoms with van der Waals surface area (Å²) in [6, 6.07) is 5.61. The maximum Gasteiger partial charge on any atom is 0.344 e. The fourth-order valence-electron chi connectivity index (χ4n) is 3.43. The Morgan fingerprint density at radius 2 is 2.24 bits per heavy atom. The molecule has 8 heteroatoms. The van der Waals surface area contributed by atoms with Gasteiger partial charge < -0.3 is 10.5 Å². The van der Waals surface area contributed by atoms with Crippen LogP contribution in [-0.4, -0.2) is 44.9 Å². The zero-order valence-electron chi connectivity index (χ0n) is 14.6. The Kier molecular flexibility index (Phi) is 5.48. The van der Waals surface area contributed by atoms with Gasteiger partial charge in [-0.2, -0.15) is 8.42 Å². The topological polar surface area (TPSA) is 97.0 Å². The molecule has 3 rings (SSSR count). The minimum atomic E-state index is -3.77. The number of hydrogen-bond donors (Lipinski definition) is 2. The maximum atomic E-state index is 11.7. The van der Waals surface area contributed by atoms with Crippen molar-refractivity contribution >= 4 is 21.7 Å². The molecule has 1 fully saturated rings. The van der Waals surface area contributed by atoms with Gasteiger partial charge in [0.25, 0.3) is 0 Å². The average Bonchev–Trinajstić information content (AvgIpc) is 2.57. The van der Waals surface area contributed by atoms with E-state index >= 15 is 0 Å². The van der Waals surface area contributed by atoms with Crippen molar-refractivity contribution in [2.45, 2.75) is 45.1 Å². The standard InChI is InChI=1S/C17H26N4O3S/c1-2-3-10-21-11-5-4-7-13(21)12-24-15-9-6-8-14-16(15)17(18)20-25(22,23)19-14/h6,8-9,13,19H,2-5,7,10-12H2,1H3,(H2,18,20)/t13-/m1/s1. The van der Waals surface area contributed by atoms with Gasteiger partial charge in [-0.15, -0.1) is 4.40 Å². The SMILES string of the molecule is CCCCN1CCCC[C@@H]1COc1cccc2c1C(N)=NS(=O)(=O)N2. The van der Waals surface area contributed by atoms with Gasteiger partial charge in [0.15, 0.2) is 5.84 Å². The van der Waals surface area contributed by atoms with Crippen molar-refractivity contribution in [2.75, 3.05) is 24.4 Å². The van der Waals surface area contributed by atoms with Crippen molar-refractivity contribution in [3.05, 3.63) is 23.8 Å². The van der Waals surface area contributed by atoms with Crippen LogP contribution < -0.4 is 15.2 Å². The summed E-state index contributed by atoms with van der Waals surface area (Å²) in [4.78, 5) is 2.50. The van der Waals surface area contributed by atoms with Crippen molar-refractivity contribution in [3.8, 4) is 5.75 Å². The normalized spacial score (nSPS) is 22.6. The van der Waals surface area contributed by atoms with Crippen LogP contribution in [0.5, 0.6) is 5.75 Å². The summed E-state index contributed by atoms with van der Waals surface area (Å²) in [7, 11) is -3.77. The number of amidine groups is 1. The molecule has 0 unspecified atom stereocenters. The lowest BCUT2D eigenvalue weighted by atomic mass is 10.0. The molecule has 7 nitrogen and oxygen atoms in total. The van der Waals surface area contributed by atoms with Gasteiger partial charge in [-0.25, -0.2) is 0 Å². The summed E-state index contributed by atoms with van der Waals surface area (Å²) < 4.78 is 35.3. The summed E-state index contributed by atoms with van der Waals surface area (Å²) >= 11 is 0. The number of nitrogens with two attached hydrogens (primary N) is 1. The molecule has 3 N–H and O–H groups in total. The summed E-state index contributed by atoms with van der Waals surface area (Å²) in [5.74, 6) is 0.540. The molecule has 2 aliphatic rings. The number of benzene rings is 1. The minimum Gasteiger partial charge on any atom is -0.491 e. The van der Waals surface area contributed by atoms with Gasteiger partial charge in [0.05, 0.1) is 11.3 Å². The molecule has 25 heavy (non-hydrogen) atoms. The summed E-state index contributed by atoms with van der Waals surface area (Å²) in [5, 5.41) is 0. The van der Waals surface area contributed by atoms with Crippen molar-refractivity contribution in [1.29, 1.82) is 0 Å². The van der Waals surface area contributed by atoms with Gasteiger partial charge in [-0.3, -0.25) is 9.62 Å². The first-order valence-electron chi connectivity index (χ1n) is 8.88. The Bertz CT molecular complexity index is 748. The zero-order valence-corrected chi connectivity index (χ0v) is 15.4. The second kappa shape index (κ2) is 7.61. The number of piperidine rings is 1. The molecular weight excluding hydrogens is 340 g/mol. The third kappa shape index (κ3) is 4.24. The first-order chi connectivity index (χ1) is 12.0. The van der Waals surface area contributed by atoms with E-state index in [2.05, 4.69) is 20.9 Å². The fourth-order valence-corrected chi connectivity index (χ4v) is 4.27. The Balaban J connectivity index is 1.74. The number of anilines is 1. The predicted molar refractivity (Wildman–Crippen MR) is 99.3 cm³/mol. The molecule has 1 atom stereocenters. The Morgan fingerprint density at radius 3 is 3.04 bits per heavy atom. The average molecular weight is 366 g/mol. The quantitative estimate of drug-likeness (QED) is 0.803. The van der Waals surface area contributed by atoms with Crippen LogP contribution in [0.25, 0.3) is 0 Å². The second-order valence-corrected chi connectivity index (χ2v) is 7.92. The highest BCUT2D eigenvalue weighted by molar-refractivity contribution is 7.91. The number of rotatable bonds is 6. The predicted octanol–water partition coefficient (Wildman–Crippen LogP) is 2.10. The highest BCUT2D eigenvalue weighted by atomic mass is 32.2. The van der Waals surface area contributed by atoms with Crippen LogP contribution in [0.4, 0.5) is 5.69 Å². The monoisotopic (exact) mass is 366 g/mol. The Labute approximate surface area is 149 Å². The van der Waals surface area contributed by atoms with E-state index < -0.39 is 10.2 Å². The highest BCUT2D eigenvalue weighted by Crippen LogP contribution is 2.31. The van der Waals surface area contributed by atoms with Crippen LogP contribution in [0.15, 0.2) is 22.6 Å².